The van der Waals surface area contributed by atoms with E-state index in [9.17, 15) is 0 Å². The van der Waals surface area contributed by atoms with E-state index >= 15 is 0 Å². The van der Waals surface area contributed by atoms with Gasteiger partial charge in [-0.05, 0) is 25.0 Å². The molecule has 0 amide bonds. The number of rotatable bonds is 5. The highest BCUT2D eigenvalue weighted by Crippen LogP contribution is 2.22. The molecule has 1 fully saturated rings. The predicted molar refractivity (Wildman–Crippen MR) is 75.8 cm³/mol. The lowest BCUT2D eigenvalue weighted by molar-refractivity contribution is 0.192. The number of aryl methyl sites for hydroxylation is 1. The van der Waals surface area contributed by atoms with Crippen LogP contribution in [0.15, 0.2) is 28.8 Å². The first-order valence-corrected chi connectivity index (χ1v) is 7.02. The van der Waals surface area contributed by atoms with Gasteiger partial charge < -0.3 is 14.6 Å². The van der Waals surface area contributed by atoms with Crippen LogP contribution in [-0.2, 0) is 11.2 Å². The zero-order chi connectivity index (χ0) is 13.8. The third kappa shape index (κ3) is 2.99. The SMILES string of the molecule is Cc1ccccc1NCCc1nc(C2CCOC2)no1. The van der Waals surface area contributed by atoms with Crippen molar-refractivity contribution in [2.24, 2.45) is 0 Å². The molecule has 1 aliphatic rings. The number of hydrogen-bond donors (Lipinski definition) is 1. The van der Waals surface area contributed by atoms with Crippen molar-refractivity contribution in [3.8, 4) is 0 Å². The summed E-state index contributed by atoms with van der Waals surface area (Å²) in [6.07, 6.45) is 1.72. The first-order chi connectivity index (χ1) is 9.83. The van der Waals surface area contributed by atoms with Gasteiger partial charge in [0.1, 0.15) is 0 Å². The molecule has 2 heterocycles. The second-order valence-corrected chi connectivity index (χ2v) is 5.10. The fraction of sp³-hybridized carbons (Fsp3) is 0.467. The second kappa shape index (κ2) is 6.05. The molecular weight excluding hydrogens is 254 g/mol. The summed E-state index contributed by atoms with van der Waals surface area (Å²) in [5, 5.41) is 7.44. The van der Waals surface area contributed by atoms with Gasteiger partial charge in [0.15, 0.2) is 5.82 Å². The average Bonchev–Trinajstić information content (AvgIpc) is 3.11. The number of aromatic nitrogens is 2. The molecule has 0 radical (unpaired) electrons. The molecule has 1 aromatic heterocycles. The standard InChI is InChI=1S/C15H19N3O2/c1-11-4-2-3-5-13(11)16-8-6-14-17-15(18-20-14)12-7-9-19-10-12/h2-5,12,16H,6-10H2,1H3. The van der Waals surface area contributed by atoms with Gasteiger partial charge in [-0.2, -0.15) is 4.98 Å². The highest BCUT2D eigenvalue weighted by molar-refractivity contribution is 5.50. The van der Waals surface area contributed by atoms with Crippen molar-refractivity contribution < 1.29 is 9.26 Å². The summed E-state index contributed by atoms with van der Waals surface area (Å²) in [7, 11) is 0. The number of nitrogens with one attached hydrogen (secondary N) is 1. The van der Waals surface area contributed by atoms with Crippen molar-refractivity contribution in [2.75, 3.05) is 25.1 Å². The van der Waals surface area contributed by atoms with E-state index in [-0.39, 0.29) is 0 Å². The van der Waals surface area contributed by atoms with E-state index in [0.29, 0.717) is 18.4 Å². The second-order valence-electron chi connectivity index (χ2n) is 5.10. The number of anilines is 1. The molecule has 1 N–H and O–H groups in total. The summed E-state index contributed by atoms with van der Waals surface area (Å²) in [5.41, 5.74) is 2.39. The summed E-state index contributed by atoms with van der Waals surface area (Å²) >= 11 is 0. The van der Waals surface area contributed by atoms with E-state index in [4.69, 9.17) is 9.26 Å². The molecule has 106 valence electrons. The van der Waals surface area contributed by atoms with E-state index in [1.165, 1.54) is 5.56 Å². The summed E-state index contributed by atoms with van der Waals surface area (Å²) < 4.78 is 10.6. The summed E-state index contributed by atoms with van der Waals surface area (Å²) in [6.45, 7) is 4.38. The first-order valence-electron chi connectivity index (χ1n) is 7.02. The Morgan fingerprint density at radius 1 is 1.35 bits per heavy atom. The van der Waals surface area contributed by atoms with Crippen molar-refractivity contribution in [3.05, 3.63) is 41.5 Å². The van der Waals surface area contributed by atoms with Crippen LogP contribution >= 0.6 is 0 Å². The highest BCUT2D eigenvalue weighted by atomic mass is 16.5. The fourth-order valence-electron chi connectivity index (χ4n) is 2.35. The molecule has 1 atom stereocenters. The van der Waals surface area contributed by atoms with Crippen LogP contribution in [0.25, 0.3) is 0 Å². The largest absolute Gasteiger partial charge is 0.384 e. The normalized spacial score (nSPS) is 18.4. The maximum atomic E-state index is 5.34. The summed E-state index contributed by atoms with van der Waals surface area (Å²) in [5.74, 6) is 1.78. The van der Waals surface area contributed by atoms with Crippen LogP contribution in [0.1, 0.15) is 29.6 Å². The molecule has 3 rings (SSSR count). The number of nitrogens with zero attached hydrogens (tertiary/aromatic N) is 2. The molecular formula is C15H19N3O2. The van der Waals surface area contributed by atoms with Crippen molar-refractivity contribution in [3.63, 3.8) is 0 Å². The molecule has 5 heteroatoms. The van der Waals surface area contributed by atoms with Crippen LogP contribution in [0.3, 0.4) is 0 Å². The maximum absolute atomic E-state index is 5.34. The molecule has 0 bridgehead atoms. The maximum Gasteiger partial charge on any atom is 0.228 e. The minimum Gasteiger partial charge on any atom is -0.384 e. The highest BCUT2D eigenvalue weighted by Gasteiger charge is 2.22. The molecule has 1 unspecified atom stereocenters. The Morgan fingerprint density at radius 3 is 3.05 bits per heavy atom. The van der Waals surface area contributed by atoms with E-state index in [1.54, 1.807) is 0 Å². The zero-order valence-electron chi connectivity index (χ0n) is 11.6. The van der Waals surface area contributed by atoms with E-state index in [2.05, 4.69) is 34.5 Å². The topological polar surface area (TPSA) is 60.2 Å². The van der Waals surface area contributed by atoms with Crippen molar-refractivity contribution in [2.45, 2.75) is 25.7 Å². The fourth-order valence-corrected chi connectivity index (χ4v) is 2.35. The van der Waals surface area contributed by atoms with Crippen molar-refractivity contribution in [1.29, 1.82) is 0 Å². The third-order valence-corrected chi connectivity index (χ3v) is 3.58. The van der Waals surface area contributed by atoms with Gasteiger partial charge in [0.25, 0.3) is 0 Å². The Balaban J connectivity index is 1.52. The number of hydrogen-bond acceptors (Lipinski definition) is 5. The molecule has 2 aromatic rings. The molecule has 0 spiro atoms. The van der Waals surface area contributed by atoms with Crippen LogP contribution < -0.4 is 5.32 Å². The minimum atomic E-state index is 0.303. The van der Waals surface area contributed by atoms with E-state index < -0.39 is 0 Å². The van der Waals surface area contributed by atoms with Gasteiger partial charge in [0.05, 0.1) is 6.61 Å². The molecule has 20 heavy (non-hydrogen) atoms. The average molecular weight is 273 g/mol. The van der Waals surface area contributed by atoms with Crippen LogP contribution in [0.2, 0.25) is 0 Å². The minimum absolute atomic E-state index is 0.303. The van der Waals surface area contributed by atoms with Gasteiger partial charge in [0.2, 0.25) is 5.89 Å². The molecule has 1 saturated heterocycles. The van der Waals surface area contributed by atoms with Crippen molar-refractivity contribution in [1.82, 2.24) is 10.1 Å². The Labute approximate surface area is 118 Å². The van der Waals surface area contributed by atoms with E-state index in [1.807, 2.05) is 12.1 Å². The molecule has 1 aliphatic heterocycles. The smallest absolute Gasteiger partial charge is 0.228 e. The Hall–Kier alpha value is -1.88. The predicted octanol–water partition coefficient (Wildman–Crippen LogP) is 2.54. The van der Waals surface area contributed by atoms with Gasteiger partial charge in [-0.15, -0.1) is 0 Å². The first kappa shape index (κ1) is 13.1. The number of para-hydroxylation sites is 1. The Morgan fingerprint density at radius 2 is 2.25 bits per heavy atom. The Kier molecular flexibility index (Phi) is 3.97. The number of ether oxygens (including phenoxy) is 1. The monoisotopic (exact) mass is 273 g/mol. The summed E-state index contributed by atoms with van der Waals surface area (Å²) in [4.78, 5) is 4.45. The molecule has 5 nitrogen and oxygen atoms in total. The van der Waals surface area contributed by atoms with Gasteiger partial charge >= 0.3 is 0 Å². The lowest BCUT2D eigenvalue weighted by atomic mass is 10.1. The van der Waals surface area contributed by atoms with Gasteiger partial charge in [-0.3, -0.25) is 0 Å². The third-order valence-electron chi connectivity index (χ3n) is 3.58. The Bertz CT molecular complexity index is 562. The van der Waals surface area contributed by atoms with Crippen molar-refractivity contribution >= 4 is 5.69 Å². The quantitative estimate of drug-likeness (QED) is 0.907. The van der Waals surface area contributed by atoms with E-state index in [0.717, 1.165) is 37.5 Å². The lowest BCUT2D eigenvalue weighted by Crippen LogP contribution is -2.06. The number of benzene rings is 1. The molecule has 0 aliphatic carbocycles. The van der Waals surface area contributed by atoms with Gasteiger partial charge in [-0.25, -0.2) is 0 Å². The van der Waals surface area contributed by atoms with Crippen LogP contribution in [0.5, 0.6) is 0 Å². The van der Waals surface area contributed by atoms with Gasteiger partial charge in [0, 0.05) is 31.2 Å². The van der Waals surface area contributed by atoms with Crippen LogP contribution in [0, 0.1) is 6.92 Å². The van der Waals surface area contributed by atoms with Crippen LogP contribution in [0.4, 0.5) is 5.69 Å². The zero-order valence-corrected chi connectivity index (χ0v) is 11.6. The van der Waals surface area contributed by atoms with Crippen LogP contribution in [-0.4, -0.2) is 29.9 Å². The lowest BCUT2D eigenvalue weighted by Gasteiger charge is -2.07. The molecule has 0 saturated carbocycles. The van der Waals surface area contributed by atoms with Gasteiger partial charge in [-0.1, -0.05) is 23.4 Å². The summed E-state index contributed by atoms with van der Waals surface area (Å²) in [6, 6.07) is 8.23. The molecule has 1 aromatic carbocycles.